The molecular weight excluding hydrogens is 190 g/mol. The van der Waals surface area contributed by atoms with E-state index in [9.17, 15) is 0 Å². The van der Waals surface area contributed by atoms with E-state index in [4.69, 9.17) is 4.52 Å². The molecule has 1 aromatic heterocycles. The molecule has 1 heterocycles. The normalized spacial score (nSPS) is 15.2. The third-order valence-corrected chi connectivity index (χ3v) is 2.77. The van der Waals surface area contributed by atoms with Gasteiger partial charge in [-0.25, -0.2) is 0 Å². The molecule has 4 nitrogen and oxygen atoms in total. The predicted molar refractivity (Wildman–Crippen MR) is 59.8 cm³/mol. The molecule has 0 aliphatic carbocycles. The monoisotopic (exact) mass is 211 g/mol. The van der Waals surface area contributed by atoms with Crippen molar-refractivity contribution in [2.45, 2.75) is 52.0 Å². The van der Waals surface area contributed by atoms with Gasteiger partial charge < -0.3 is 9.84 Å². The first-order valence-electron chi connectivity index (χ1n) is 5.72. The second-order valence-corrected chi connectivity index (χ2v) is 3.89. The highest BCUT2D eigenvalue weighted by Crippen LogP contribution is 2.21. The number of aromatic nitrogens is 2. The molecule has 2 unspecified atom stereocenters. The molecule has 0 aliphatic heterocycles. The third-order valence-electron chi connectivity index (χ3n) is 2.77. The molecule has 0 aliphatic rings. The molecule has 0 radical (unpaired) electrons. The van der Waals surface area contributed by atoms with Crippen molar-refractivity contribution in [2.75, 3.05) is 7.05 Å². The van der Waals surface area contributed by atoms with Gasteiger partial charge in [-0.2, -0.15) is 4.98 Å². The fourth-order valence-electron chi connectivity index (χ4n) is 1.69. The van der Waals surface area contributed by atoms with Crippen LogP contribution in [0.15, 0.2) is 4.52 Å². The first-order valence-corrected chi connectivity index (χ1v) is 5.72. The Bertz CT molecular complexity index is 285. The van der Waals surface area contributed by atoms with Crippen LogP contribution in [0, 0.1) is 0 Å². The largest absolute Gasteiger partial charge is 0.339 e. The van der Waals surface area contributed by atoms with Crippen molar-refractivity contribution < 1.29 is 4.52 Å². The molecule has 15 heavy (non-hydrogen) atoms. The lowest BCUT2D eigenvalue weighted by Crippen LogP contribution is -2.28. The fourth-order valence-corrected chi connectivity index (χ4v) is 1.69. The van der Waals surface area contributed by atoms with Crippen molar-refractivity contribution in [2.24, 2.45) is 0 Å². The Hall–Kier alpha value is -0.900. The van der Waals surface area contributed by atoms with E-state index in [1.165, 1.54) is 0 Å². The van der Waals surface area contributed by atoms with E-state index in [2.05, 4.69) is 36.2 Å². The molecule has 4 heteroatoms. The summed E-state index contributed by atoms with van der Waals surface area (Å²) in [6.45, 7) is 6.39. The highest BCUT2D eigenvalue weighted by molar-refractivity contribution is 4.97. The van der Waals surface area contributed by atoms with Gasteiger partial charge in [-0.3, -0.25) is 0 Å². The minimum atomic E-state index is 0.313. The number of nitrogens with one attached hydrogen (secondary N) is 1. The molecule has 0 spiro atoms. The van der Waals surface area contributed by atoms with E-state index in [1.807, 2.05) is 7.05 Å². The number of rotatable bonds is 6. The molecule has 0 bridgehead atoms. The average molecular weight is 211 g/mol. The highest BCUT2D eigenvalue weighted by Gasteiger charge is 2.22. The molecule has 1 aromatic rings. The van der Waals surface area contributed by atoms with Crippen molar-refractivity contribution in [1.82, 2.24) is 15.5 Å². The van der Waals surface area contributed by atoms with Gasteiger partial charge in [-0.1, -0.05) is 19.0 Å². The standard InChI is InChI=1S/C11H21N3O/c1-5-7-10-13-11(15-14-10)9(6-2)8(3)12-4/h8-9,12H,5-7H2,1-4H3. The highest BCUT2D eigenvalue weighted by atomic mass is 16.5. The Morgan fingerprint density at radius 3 is 2.67 bits per heavy atom. The summed E-state index contributed by atoms with van der Waals surface area (Å²) in [5.74, 6) is 1.91. The number of hydrogen-bond acceptors (Lipinski definition) is 4. The van der Waals surface area contributed by atoms with Crippen molar-refractivity contribution >= 4 is 0 Å². The Morgan fingerprint density at radius 1 is 1.40 bits per heavy atom. The number of aryl methyl sites for hydroxylation is 1. The molecule has 1 N–H and O–H groups in total. The Labute approximate surface area is 91.5 Å². The second kappa shape index (κ2) is 5.85. The molecule has 2 atom stereocenters. The third kappa shape index (κ3) is 3.02. The van der Waals surface area contributed by atoms with Crippen LogP contribution in [0.5, 0.6) is 0 Å². The first-order chi connectivity index (χ1) is 7.22. The molecule has 1 rings (SSSR count). The van der Waals surface area contributed by atoms with Gasteiger partial charge in [-0.15, -0.1) is 0 Å². The zero-order chi connectivity index (χ0) is 11.3. The quantitative estimate of drug-likeness (QED) is 0.783. The summed E-state index contributed by atoms with van der Waals surface area (Å²) in [6, 6.07) is 0.366. The van der Waals surface area contributed by atoms with Gasteiger partial charge in [0, 0.05) is 12.5 Å². The van der Waals surface area contributed by atoms with Crippen LogP contribution >= 0.6 is 0 Å². The summed E-state index contributed by atoms with van der Waals surface area (Å²) in [7, 11) is 1.96. The Kier molecular flexibility index (Phi) is 4.75. The van der Waals surface area contributed by atoms with Crippen molar-refractivity contribution in [3.63, 3.8) is 0 Å². The van der Waals surface area contributed by atoms with Crippen LogP contribution < -0.4 is 5.32 Å². The lowest BCUT2D eigenvalue weighted by Gasteiger charge is -2.17. The van der Waals surface area contributed by atoms with Gasteiger partial charge in [-0.05, 0) is 26.8 Å². The zero-order valence-electron chi connectivity index (χ0n) is 10.1. The van der Waals surface area contributed by atoms with Gasteiger partial charge in [0.1, 0.15) is 0 Å². The van der Waals surface area contributed by atoms with E-state index in [0.29, 0.717) is 12.0 Å². The minimum Gasteiger partial charge on any atom is -0.339 e. The van der Waals surface area contributed by atoms with Crippen LogP contribution in [-0.4, -0.2) is 23.2 Å². The molecule has 86 valence electrons. The lowest BCUT2D eigenvalue weighted by atomic mass is 9.98. The van der Waals surface area contributed by atoms with Gasteiger partial charge in [0.15, 0.2) is 5.82 Å². The number of likely N-dealkylation sites (N-methyl/N-ethyl adjacent to an activating group) is 1. The summed E-state index contributed by atoms with van der Waals surface area (Å²) in [5, 5.41) is 7.21. The fraction of sp³-hybridized carbons (Fsp3) is 0.818. The predicted octanol–water partition coefficient (Wildman–Crippen LogP) is 2.12. The summed E-state index contributed by atoms with van der Waals surface area (Å²) in [5.41, 5.74) is 0. The van der Waals surface area contributed by atoms with E-state index < -0.39 is 0 Å². The van der Waals surface area contributed by atoms with Crippen LogP contribution in [0.2, 0.25) is 0 Å². The second-order valence-electron chi connectivity index (χ2n) is 3.89. The smallest absolute Gasteiger partial charge is 0.231 e. The first kappa shape index (κ1) is 12.2. The summed E-state index contributed by atoms with van der Waals surface area (Å²) >= 11 is 0. The van der Waals surface area contributed by atoms with E-state index in [-0.39, 0.29) is 0 Å². The maximum Gasteiger partial charge on any atom is 0.231 e. The lowest BCUT2D eigenvalue weighted by molar-refractivity contribution is 0.319. The number of hydrogen-bond donors (Lipinski definition) is 1. The van der Waals surface area contributed by atoms with Crippen LogP contribution in [0.4, 0.5) is 0 Å². The van der Waals surface area contributed by atoms with Gasteiger partial charge in [0.2, 0.25) is 5.89 Å². The van der Waals surface area contributed by atoms with Crippen LogP contribution in [-0.2, 0) is 6.42 Å². The van der Waals surface area contributed by atoms with Gasteiger partial charge >= 0.3 is 0 Å². The Balaban J connectivity index is 2.73. The van der Waals surface area contributed by atoms with Crippen molar-refractivity contribution in [1.29, 1.82) is 0 Å². The molecule has 0 aromatic carbocycles. The Morgan fingerprint density at radius 2 is 2.13 bits per heavy atom. The zero-order valence-corrected chi connectivity index (χ0v) is 10.1. The summed E-state index contributed by atoms with van der Waals surface area (Å²) in [4.78, 5) is 4.42. The van der Waals surface area contributed by atoms with Crippen LogP contribution in [0.25, 0.3) is 0 Å². The van der Waals surface area contributed by atoms with E-state index in [0.717, 1.165) is 31.0 Å². The van der Waals surface area contributed by atoms with Gasteiger partial charge in [0.25, 0.3) is 0 Å². The molecular formula is C11H21N3O. The summed E-state index contributed by atoms with van der Waals surface area (Å²) < 4.78 is 5.29. The molecule has 0 amide bonds. The topological polar surface area (TPSA) is 51.0 Å². The summed E-state index contributed by atoms with van der Waals surface area (Å²) in [6.07, 6.45) is 2.96. The minimum absolute atomic E-state index is 0.313. The maximum absolute atomic E-state index is 5.29. The van der Waals surface area contributed by atoms with Crippen molar-refractivity contribution in [3.05, 3.63) is 11.7 Å². The maximum atomic E-state index is 5.29. The molecule has 0 saturated heterocycles. The molecule has 0 saturated carbocycles. The average Bonchev–Trinajstić information content (AvgIpc) is 2.68. The van der Waals surface area contributed by atoms with E-state index >= 15 is 0 Å². The number of nitrogens with zero attached hydrogens (tertiary/aromatic N) is 2. The molecule has 0 fully saturated rings. The van der Waals surface area contributed by atoms with E-state index in [1.54, 1.807) is 0 Å². The van der Waals surface area contributed by atoms with Crippen LogP contribution in [0.3, 0.4) is 0 Å². The van der Waals surface area contributed by atoms with Crippen LogP contribution in [0.1, 0.15) is 51.2 Å². The van der Waals surface area contributed by atoms with Crippen molar-refractivity contribution in [3.8, 4) is 0 Å². The SMILES string of the molecule is CCCc1noc(C(CC)C(C)NC)n1. The van der Waals surface area contributed by atoms with Gasteiger partial charge in [0.05, 0.1) is 5.92 Å².